The molecule has 1 saturated heterocycles. The molecule has 2 heterocycles. The maximum absolute atomic E-state index is 12.6. The molecule has 0 aliphatic carbocycles. The molecular formula is C19H22N2O3S. The van der Waals surface area contributed by atoms with Crippen molar-refractivity contribution in [3.8, 4) is 5.75 Å². The number of hydrogen-bond acceptors (Lipinski definition) is 4. The van der Waals surface area contributed by atoms with Crippen molar-refractivity contribution in [2.45, 2.75) is 12.8 Å². The summed E-state index contributed by atoms with van der Waals surface area (Å²) >= 11 is 1.65. The number of ether oxygens (including phenoxy) is 1. The molecule has 2 amide bonds. The van der Waals surface area contributed by atoms with Gasteiger partial charge in [0.15, 0.2) is 0 Å². The molecule has 1 fully saturated rings. The van der Waals surface area contributed by atoms with Gasteiger partial charge < -0.3 is 14.5 Å². The molecule has 0 spiro atoms. The molecule has 3 rings (SSSR count). The Morgan fingerprint density at radius 1 is 1.12 bits per heavy atom. The molecule has 1 aromatic heterocycles. The summed E-state index contributed by atoms with van der Waals surface area (Å²) in [5, 5.41) is 4.11. The number of thiophene rings is 1. The summed E-state index contributed by atoms with van der Waals surface area (Å²) in [5.74, 6) is 0.831. The third-order valence-electron chi connectivity index (χ3n) is 4.44. The van der Waals surface area contributed by atoms with Crippen molar-refractivity contribution in [1.82, 2.24) is 9.80 Å². The zero-order chi connectivity index (χ0) is 17.6. The Labute approximate surface area is 151 Å². The highest BCUT2D eigenvalue weighted by atomic mass is 32.1. The highest BCUT2D eigenvalue weighted by Crippen LogP contribution is 2.16. The standard InChI is InChI=1S/C19H22N2O3S/c1-24-17-4-2-3-16(13-17)19(23)21-10-8-20(9-11-21)18(22)6-5-15-7-12-25-14-15/h2-4,7,12-14H,5-6,8-11H2,1H3. The predicted molar refractivity (Wildman–Crippen MR) is 98.1 cm³/mol. The van der Waals surface area contributed by atoms with E-state index in [2.05, 4.69) is 11.4 Å². The largest absolute Gasteiger partial charge is 0.497 e. The molecule has 0 bridgehead atoms. The van der Waals surface area contributed by atoms with Crippen molar-refractivity contribution in [2.24, 2.45) is 0 Å². The predicted octanol–water partition coefficient (Wildman–Crippen LogP) is 2.67. The average Bonchev–Trinajstić information content (AvgIpc) is 3.19. The number of aryl methyl sites for hydroxylation is 1. The second-order valence-corrected chi connectivity index (χ2v) is 6.82. The van der Waals surface area contributed by atoms with E-state index >= 15 is 0 Å². The number of carbonyl (C=O) groups excluding carboxylic acids is 2. The average molecular weight is 358 g/mol. The molecule has 0 unspecified atom stereocenters. The zero-order valence-electron chi connectivity index (χ0n) is 14.3. The van der Waals surface area contributed by atoms with Crippen LogP contribution < -0.4 is 4.74 Å². The Bertz CT molecular complexity index is 722. The van der Waals surface area contributed by atoms with Gasteiger partial charge in [0, 0.05) is 38.2 Å². The molecule has 2 aromatic rings. The van der Waals surface area contributed by atoms with Crippen LogP contribution in [-0.2, 0) is 11.2 Å². The van der Waals surface area contributed by atoms with E-state index in [0.29, 0.717) is 43.9 Å². The molecule has 0 saturated carbocycles. The van der Waals surface area contributed by atoms with Crippen LogP contribution in [0.25, 0.3) is 0 Å². The van der Waals surface area contributed by atoms with Crippen molar-refractivity contribution in [2.75, 3.05) is 33.3 Å². The topological polar surface area (TPSA) is 49.9 Å². The first-order valence-electron chi connectivity index (χ1n) is 8.39. The molecule has 0 radical (unpaired) electrons. The zero-order valence-corrected chi connectivity index (χ0v) is 15.1. The monoisotopic (exact) mass is 358 g/mol. The summed E-state index contributed by atoms with van der Waals surface area (Å²) in [6.45, 7) is 2.33. The van der Waals surface area contributed by atoms with Crippen LogP contribution in [0.3, 0.4) is 0 Å². The second kappa shape index (κ2) is 8.16. The van der Waals surface area contributed by atoms with E-state index < -0.39 is 0 Å². The fourth-order valence-corrected chi connectivity index (χ4v) is 3.65. The minimum atomic E-state index is -0.00993. The van der Waals surface area contributed by atoms with Crippen molar-refractivity contribution in [3.63, 3.8) is 0 Å². The summed E-state index contributed by atoms with van der Waals surface area (Å²) in [5.41, 5.74) is 1.83. The molecule has 1 aromatic carbocycles. The van der Waals surface area contributed by atoms with Crippen LogP contribution in [-0.4, -0.2) is 54.9 Å². The van der Waals surface area contributed by atoms with Gasteiger partial charge in [-0.25, -0.2) is 0 Å². The van der Waals surface area contributed by atoms with Crippen LogP contribution in [0, 0.1) is 0 Å². The number of rotatable bonds is 5. The van der Waals surface area contributed by atoms with E-state index in [0.717, 1.165) is 6.42 Å². The molecule has 132 valence electrons. The molecule has 0 atom stereocenters. The number of carbonyl (C=O) groups is 2. The maximum atomic E-state index is 12.6. The van der Waals surface area contributed by atoms with Gasteiger partial charge in [0.1, 0.15) is 5.75 Å². The third kappa shape index (κ3) is 4.39. The highest BCUT2D eigenvalue weighted by molar-refractivity contribution is 7.07. The molecule has 6 heteroatoms. The van der Waals surface area contributed by atoms with Gasteiger partial charge in [-0.15, -0.1) is 0 Å². The first-order chi connectivity index (χ1) is 12.2. The van der Waals surface area contributed by atoms with E-state index in [1.165, 1.54) is 5.56 Å². The van der Waals surface area contributed by atoms with Crippen LogP contribution in [0.5, 0.6) is 5.75 Å². The second-order valence-electron chi connectivity index (χ2n) is 6.04. The number of methoxy groups -OCH3 is 1. The van der Waals surface area contributed by atoms with Crippen LogP contribution in [0.1, 0.15) is 22.3 Å². The van der Waals surface area contributed by atoms with Crippen LogP contribution in [0.2, 0.25) is 0 Å². The van der Waals surface area contributed by atoms with E-state index in [1.807, 2.05) is 22.4 Å². The quantitative estimate of drug-likeness (QED) is 0.826. The normalized spacial score (nSPS) is 14.4. The molecule has 5 nitrogen and oxygen atoms in total. The van der Waals surface area contributed by atoms with Gasteiger partial charge in [0.05, 0.1) is 7.11 Å². The SMILES string of the molecule is COc1cccc(C(=O)N2CCN(C(=O)CCc3ccsc3)CC2)c1. The summed E-state index contributed by atoms with van der Waals surface area (Å²) in [7, 11) is 1.59. The lowest BCUT2D eigenvalue weighted by molar-refractivity contribution is -0.132. The van der Waals surface area contributed by atoms with E-state index in [1.54, 1.807) is 35.5 Å². The van der Waals surface area contributed by atoms with E-state index in [4.69, 9.17) is 4.74 Å². The van der Waals surface area contributed by atoms with Gasteiger partial charge in [-0.1, -0.05) is 6.07 Å². The lowest BCUT2D eigenvalue weighted by Gasteiger charge is -2.35. The lowest BCUT2D eigenvalue weighted by atomic mass is 10.1. The van der Waals surface area contributed by atoms with Crippen LogP contribution >= 0.6 is 11.3 Å². The van der Waals surface area contributed by atoms with E-state index in [-0.39, 0.29) is 11.8 Å². The maximum Gasteiger partial charge on any atom is 0.254 e. The Balaban J connectivity index is 1.50. The van der Waals surface area contributed by atoms with E-state index in [9.17, 15) is 9.59 Å². The first-order valence-corrected chi connectivity index (χ1v) is 9.34. The Morgan fingerprint density at radius 3 is 2.56 bits per heavy atom. The molecule has 25 heavy (non-hydrogen) atoms. The minimum Gasteiger partial charge on any atom is -0.497 e. The smallest absolute Gasteiger partial charge is 0.254 e. The van der Waals surface area contributed by atoms with Crippen molar-refractivity contribution in [3.05, 3.63) is 52.2 Å². The van der Waals surface area contributed by atoms with Crippen molar-refractivity contribution in [1.29, 1.82) is 0 Å². The Hall–Kier alpha value is -2.34. The summed E-state index contributed by atoms with van der Waals surface area (Å²) in [6.07, 6.45) is 1.31. The number of piperazine rings is 1. The fourth-order valence-electron chi connectivity index (χ4n) is 2.94. The summed E-state index contributed by atoms with van der Waals surface area (Å²) in [4.78, 5) is 28.6. The molecular weight excluding hydrogens is 336 g/mol. The summed E-state index contributed by atoms with van der Waals surface area (Å²) in [6, 6.07) is 9.24. The van der Waals surface area contributed by atoms with Crippen molar-refractivity contribution < 1.29 is 14.3 Å². The number of amides is 2. The number of hydrogen-bond donors (Lipinski definition) is 0. The first kappa shape index (κ1) is 17.5. The minimum absolute atomic E-state index is 0.00993. The fraction of sp³-hybridized carbons (Fsp3) is 0.368. The third-order valence-corrected chi connectivity index (χ3v) is 5.18. The Morgan fingerprint density at radius 2 is 1.88 bits per heavy atom. The number of nitrogens with zero attached hydrogens (tertiary/aromatic N) is 2. The Kier molecular flexibility index (Phi) is 5.71. The highest BCUT2D eigenvalue weighted by Gasteiger charge is 2.24. The lowest BCUT2D eigenvalue weighted by Crippen LogP contribution is -2.50. The van der Waals surface area contributed by atoms with Gasteiger partial charge in [-0.05, 0) is 47.0 Å². The molecule has 1 aliphatic rings. The van der Waals surface area contributed by atoms with Gasteiger partial charge in [0.2, 0.25) is 5.91 Å². The van der Waals surface area contributed by atoms with Crippen LogP contribution in [0.15, 0.2) is 41.1 Å². The van der Waals surface area contributed by atoms with Gasteiger partial charge in [0.25, 0.3) is 5.91 Å². The summed E-state index contributed by atoms with van der Waals surface area (Å²) < 4.78 is 5.18. The van der Waals surface area contributed by atoms with Crippen LogP contribution in [0.4, 0.5) is 0 Å². The number of benzene rings is 1. The molecule has 0 N–H and O–H groups in total. The molecule has 1 aliphatic heterocycles. The van der Waals surface area contributed by atoms with Gasteiger partial charge >= 0.3 is 0 Å². The van der Waals surface area contributed by atoms with Gasteiger partial charge in [-0.2, -0.15) is 11.3 Å². The van der Waals surface area contributed by atoms with Crippen molar-refractivity contribution >= 4 is 23.2 Å². The van der Waals surface area contributed by atoms with Gasteiger partial charge in [-0.3, -0.25) is 9.59 Å².